The Morgan fingerprint density at radius 3 is 2.80 bits per heavy atom. The number of ether oxygens (including phenoxy) is 1. The van der Waals surface area contributed by atoms with Crippen molar-refractivity contribution in [3.8, 4) is 0 Å². The predicted octanol–water partition coefficient (Wildman–Crippen LogP) is 2.66. The number of esters is 1. The first kappa shape index (κ1) is 17.0. The van der Waals surface area contributed by atoms with Crippen LogP contribution in [0.15, 0.2) is 52.9 Å². The molecule has 0 N–H and O–H groups in total. The number of nitrogens with zero attached hydrogens (tertiary/aromatic N) is 2. The third-order valence-electron chi connectivity index (χ3n) is 3.64. The van der Waals surface area contributed by atoms with E-state index in [1.54, 1.807) is 30.3 Å². The molecule has 128 valence electrons. The van der Waals surface area contributed by atoms with E-state index in [0.717, 1.165) is 0 Å². The number of hydrogen-bond donors (Lipinski definition) is 0. The Morgan fingerprint density at radius 1 is 1.16 bits per heavy atom. The number of thiophene rings is 1. The molecule has 0 saturated carbocycles. The highest BCUT2D eigenvalue weighted by atomic mass is 32.1. The van der Waals surface area contributed by atoms with Crippen molar-refractivity contribution in [2.75, 3.05) is 6.61 Å². The number of hydrogen-bond acceptors (Lipinski definition) is 6. The number of ketones is 1. The molecule has 0 radical (unpaired) electrons. The highest BCUT2D eigenvalue weighted by molar-refractivity contribution is 7.12. The molecule has 25 heavy (non-hydrogen) atoms. The first-order chi connectivity index (χ1) is 12.1. The molecular formula is C18H16N2O4S. The second-order valence-electron chi connectivity index (χ2n) is 5.42. The summed E-state index contributed by atoms with van der Waals surface area (Å²) in [5.74, 6) is -0.483. The van der Waals surface area contributed by atoms with Gasteiger partial charge in [-0.15, -0.1) is 11.3 Å². The largest absolute Gasteiger partial charge is 0.464 e. The number of carbonyl (C=O) groups excluding carboxylic acids is 2. The van der Waals surface area contributed by atoms with E-state index >= 15 is 0 Å². The Kier molecular flexibility index (Phi) is 5.35. The van der Waals surface area contributed by atoms with Crippen LogP contribution in [0.4, 0.5) is 0 Å². The number of para-hydroxylation sites is 1. The van der Waals surface area contributed by atoms with Crippen LogP contribution in [0.3, 0.4) is 0 Å². The lowest BCUT2D eigenvalue weighted by molar-refractivity contribution is -0.144. The van der Waals surface area contributed by atoms with Crippen molar-refractivity contribution in [3.63, 3.8) is 0 Å². The summed E-state index contributed by atoms with van der Waals surface area (Å²) >= 11 is 1.40. The van der Waals surface area contributed by atoms with Gasteiger partial charge in [0.15, 0.2) is 5.78 Å². The minimum Gasteiger partial charge on any atom is -0.464 e. The molecule has 2 aromatic heterocycles. The minimum absolute atomic E-state index is 0.0426. The molecule has 1 aromatic carbocycles. The number of aromatic nitrogens is 2. The fourth-order valence-corrected chi connectivity index (χ4v) is 3.08. The third kappa shape index (κ3) is 4.19. The van der Waals surface area contributed by atoms with Crippen molar-refractivity contribution in [1.82, 2.24) is 9.55 Å². The Morgan fingerprint density at radius 2 is 2.00 bits per heavy atom. The van der Waals surface area contributed by atoms with E-state index in [4.69, 9.17) is 4.74 Å². The van der Waals surface area contributed by atoms with Crippen LogP contribution in [0.5, 0.6) is 0 Å². The van der Waals surface area contributed by atoms with Crippen LogP contribution in [0.25, 0.3) is 10.9 Å². The van der Waals surface area contributed by atoms with E-state index in [-0.39, 0.29) is 24.5 Å². The predicted molar refractivity (Wildman–Crippen MR) is 94.8 cm³/mol. The SMILES string of the molecule is O=C(Cn1cnc2ccccc2c1=O)OCCCC(=O)c1cccs1. The van der Waals surface area contributed by atoms with E-state index < -0.39 is 5.97 Å². The minimum atomic E-state index is -0.525. The summed E-state index contributed by atoms with van der Waals surface area (Å²) in [7, 11) is 0. The lowest BCUT2D eigenvalue weighted by atomic mass is 10.2. The molecule has 2 heterocycles. The maximum atomic E-state index is 12.3. The quantitative estimate of drug-likeness (QED) is 0.369. The number of benzene rings is 1. The molecule has 0 saturated heterocycles. The van der Waals surface area contributed by atoms with Crippen molar-refractivity contribution in [2.45, 2.75) is 19.4 Å². The Bertz CT molecular complexity index is 947. The zero-order chi connectivity index (χ0) is 17.6. The molecule has 0 unspecified atom stereocenters. The van der Waals surface area contributed by atoms with Gasteiger partial charge in [-0.3, -0.25) is 19.0 Å². The topological polar surface area (TPSA) is 78.3 Å². The summed E-state index contributed by atoms with van der Waals surface area (Å²) in [6.07, 6.45) is 2.12. The van der Waals surface area contributed by atoms with Gasteiger partial charge >= 0.3 is 5.97 Å². The first-order valence-corrected chi connectivity index (χ1v) is 8.69. The van der Waals surface area contributed by atoms with E-state index in [0.29, 0.717) is 28.6 Å². The Balaban J connectivity index is 1.50. The van der Waals surface area contributed by atoms with Crippen LogP contribution < -0.4 is 5.56 Å². The van der Waals surface area contributed by atoms with Crippen molar-refractivity contribution in [2.24, 2.45) is 0 Å². The summed E-state index contributed by atoms with van der Waals surface area (Å²) in [6.45, 7) is -0.0543. The van der Waals surface area contributed by atoms with Crippen molar-refractivity contribution < 1.29 is 14.3 Å². The summed E-state index contributed by atoms with van der Waals surface area (Å²) in [6, 6.07) is 10.6. The van der Waals surface area contributed by atoms with Crippen LogP contribution in [0, 0.1) is 0 Å². The number of Topliss-reactive ketones (excluding diaryl/α,β-unsaturated/α-hetero) is 1. The number of rotatable bonds is 7. The van der Waals surface area contributed by atoms with Gasteiger partial charge in [0.05, 0.1) is 28.7 Å². The van der Waals surface area contributed by atoms with Gasteiger partial charge in [-0.1, -0.05) is 18.2 Å². The lowest BCUT2D eigenvalue weighted by Crippen LogP contribution is -2.25. The normalized spacial score (nSPS) is 10.7. The number of fused-ring (bicyclic) bond motifs is 1. The maximum absolute atomic E-state index is 12.3. The zero-order valence-electron chi connectivity index (χ0n) is 13.4. The summed E-state index contributed by atoms with van der Waals surface area (Å²) < 4.78 is 6.33. The maximum Gasteiger partial charge on any atom is 0.326 e. The molecule has 0 fully saturated rings. The Labute approximate surface area is 147 Å². The standard InChI is InChI=1S/C18H16N2O4S/c21-15(16-8-4-10-25-16)7-3-9-24-17(22)11-20-12-19-14-6-2-1-5-13(14)18(20)23/h1-2,4-6,8,10,12H,3,7,9,11H2. The second kappa shape index (κ2) is 7.85. The van der Waals surface area contributed by atoms with E-state index in [2.05, 4.69) is 4.98 Å². The average molecular weight is 356 g/mol. The second-order valence-corrected chi connectivity index (χ2v) is 6.37. The molecule has 0 aliphatic heterocycles. The van der Waals surface area contributed by atoms with Crippen LogP contribution >= 0.6 is 11.3 Å². The average Bonchev–Trinajstić information content (AvgIpc) is 3.16. The van der Waals surface area contributed by atoms with Gasteiger partial charge in [-0.2, -0.15) is 0 Å². The highest BCUT2D eigenvalue weighted by Gasteiger charge is 2.10. The van der Waals surface area contributed by atoms with Crippen LogP contribution in [0.2, 0.25) is 0 Å². The van der Waals surface area contributed by atoms with Gasteiger partial charge in [0.2, 0.25) is 0 Å². The summed E-state index contributed by atoms with van der Waals surface area (Å²) in [5.41, 5.74) is 0.305. The van der Waals surface area contributed by atoms with Crippen LogP contribution in [-0.2, 0) is 16.1 Å². The highest BCUT2D eigenvalue weighted by Crippen LogP contribution is 2.12. The number of carbonyl (C=O) groups is 2. The van der Waals surface area contributed by atoms with Gasteiger partial charge in [0.1, 0.15) is 6.54 Å². The summed E-state index contributed by atoms with van der Waals surface area (Å²) in [5, 5.41) is 2.31. The van der Waals surface area contributed by atoms with Crippen molar-refractivity contribution in [1.29, 1.82) is 0 Å². The molecule has 0 amide bonds. The molecule has 0 atom stereocenters. The van der Waals surface area contributed by atoms with Gasteiger partial charge in [0, 0.05) is 6.42 Å². The molecule has 0 bridgehead atoms. The van der Waals surface area contributed by atoms with Gasteiger partial charge in [-0.25, -0.2) is 4.98 Å². The Hall–Kier alpha value is -2.80. The van der Waals surface area contributed by atoms with E-state index in [1.807, 2.05) is 11.4 Å². The monoisotopic (exact) mass is 356 g/mol. The molecule has 3 rings (SSSR count). The molecule has 3 aromatic rings. The van der Waals surface area contributed by atoms with Gasteiger partial charge in [-0.05, 0) is 30.0 Å². The first-order valence-electron chi connectivity index (χ1n) is 7.81. The van der Waals surface area contributed by atoms with E-state index in [1.165, 1.54) is 22.2 Å². The molecule has 7 heteroatoms. The van der Waals surface area contributed by atoms with E-state index in [9.17, 15) is 14.4 Å². The molecule has 0 spiro atoms. The molecule has 0 aliphatic rings. The third-order valence-corrected chi connectivity index (χ3v) is 4.55. The van der Waals surface area contributed by atoms with Crippen LogP contribution in [0.1, 0.15) is 22.5 Å². The summed E-state index contributed by atoms with van der Waals surface area (Å²) in [4.78, 5) is 40.9. The molecule has 6 nitrogen and oxygen atoms in total. The molecular weight excluding hydrogens is 340 g/mol. The van der Waals surface area contributed by atoms with Crippen molar-refractivity contribution >= 4 is 34.0 Å². The van der Waals surface area contributed by atoms with Gasteiger partial charge in [0.25, 0.3) is 5.56 Å². The fourth-order valence-electron chi connectivity index (χ4n) is 2.38. The lowest BCUT2D eigenvalue weighted by Gasteiger charge is -2.07. The van der Waals surface area contributed by atoms with Crippen LogP contribution in [-0.4, -0.2) is 27.9 Å². The zero-order valence-corrected chi connectivity index (χ0v) is 14.2. The van der Waals surface area contributed by atoms with Crippen molar-refractivity contribution in [3.05, 3.63) is 63.3 Å². The fraction of sp³-hybridized carbons (Fsp3) is 0.222. The molecule has 0 aliphatic carbocycles. The smallest absolute Gasteiger partial charge is 0.326 e. The van der Waals surface area contributed by atoms with Gasteiger partial charge < -0.3 is 4.74 Å².